The Kier molecular flexibility index (Phi) is 7.01. The van der Waals surface area contributed by atoms with Crippen LogP contribution in [-0.4, -0.2) is 47.2 Å². The first kappa shape index (κ1) is 22.1. The van der Waals surface area contributed by atoms with Crippen molar-refractivity contribution in [2.45, 2.75) is 23.8 Å². The highest BCUT2D eigenvalue weighted by atomic mass is 32.2. The van der Waals surface area contributed by atoms with Crippen molar-refractivity contribution in [3.8, 4) is 0 Å². The maximum atomic E-state index is 13.7. The number of anilines is 2. The van der Waals surface area contributed by atoms with Gasteiger partial charge < -0.3 is 15.0 Å². The normalized spacial score (nSPS) is 15.2. The SMILES string of the molecule is COC1CCN(c2ccc(NC(=O)CNS(=O)(=O)c3c(F)cccc3F)cc2)CC1. The minimum absolute atomic E-state index is 0.279. The van der Waals surface area contributed by atoms with E-state index in [1.807, 2.05) is 16.9 Å². The number of sulfonamides is 1. The third kappa shape index (κ3) is 5.32. The Balaban J connectivity index is 1.55. The summed E-state index contributed by atoms with van der Waals surface area (Å²) >= 11 is 0. The van der Waals surface area contributed by atoms with E-state index in [0.29, 0.717) is 5.69 Å². The zero-order chi connectivity index (χ0) is 21.7. The zero-order valence-electron chi connectivity index (χ0n) is 16.4. The van der Waals surface area contributed by atoms with Crippen LogP contribution in [0.25, 0.3) is 0 Å². The summed E-state index contributed by atoms with van der Waals surface area (Å²) in [5, 5.41) is 2.55. The molecule has 0 unspecified atom stereocenters. The molecule has 1 aliphatic rings. The molecule has 0 spiro atoms. The topological polar surface area (TPSA) is 87.7 Å². The van der Waals surface area contributed by atoms with E-state index in [4.69, 9.17) is 4.74 Å². The Morgan fingerprint density at radius 3 is 2.27 bits per heavy atom. The molecule has 1 aliphatic heterocycles. The van der Waals surface area contributed by atoms with Crippen LogP contribution in [-0.2, 0) is 19.6 Å². The summed E-state index contributed by atoms with van der Waals surface area (Å²) in [7, 11) is -2.80. The molecule has 7 nitrogen and oxygen atoms in total. The maximum Gasteiger partial charge on any atom is 0.246 e. The van der Waals surface area contributed by atoms with Gasteiger partial charge in [0.05, 0.1) is 12.6 Å². The molecule has 10 heteroatoms. The fraction of sp³-hybridized carbons (Fsp3) is 0.350. The van der Waals surface area contributed by atoms with Crippen LogP contribution in [0.2, 0.25) is 0 Å². The molecule has 1 fully saturated rings. The molecule has 3 rings (SSSR count). The first-order chi connectivity index (χ1) is 14.3. The van der Waals surface area contributed by atoms with Gasteiger partial charge in [-0.2, -0.15) is 0 Å². The largest absolute Gasteiger partial charge is 0.381 e. The van der Waals surface area contributed by atoms with E-state index in [1.54, 1.807) is 19.2 Å². The van der Waals surface area contributed by atoms with E-state index < -0.39 is 39.0 Å². The average molecular weight is 439 g/mol. The Hall–Kier alpha value is -2.56. The number of rotatable bonds is 7. The van der Waals surface area contributed by atoms with Crippen molar-refractivity contribution in [3.05, 3.63) is 54.1 Å². The summed E-state index contributed by atoms with van der Waals surface area (Å²) in [6.45, 7) is 1.08. The molecule has 0 aliphatic carbocycles. The molecule has 1 saturated heterocycles. The highest BCUT2D eigenvalue weighted by molar-refractivity contribution is 7.89. The maximum absolute atomic E-state index is 13.7. The molecule has 1 amide bonds. The van der Waals surface area contributed by atoms with Crippen LogP contribution >= 0.6 is 0 Å². The molecule has 162 valence electrons. The van der Waals surface area contributed by atoms with E-state index in [9.17, 15) is 22.0 Å². The van der Waals surface area contributed by atoms with Crippen LogP contribution in [0.3, 0.4) is 0 Å². The Morgan fingerprint density at radius 1 is 1.10 bits per heavy atom. The number of nitrogens with zero attached hydrogens (tertiary/aromatic N) is 1. The van der Waals surface area contributed by atoms with Gasteiger partial charge in [-0.3, -0.25) is 4.79 Å². The van der Waals surface area contributed by atoms with Crippen LogP contribution in [0.1, 0.15) is 12.8 Å². The number of benzene rings is 2. The molecule has 2 aromatic carbocycles. The van der Waals surface area contributed by atoms with Crippen LogP contribution in [0, 0.1) is 11.6 Å². The van der Waals surface area contributed by atoms with E-state index in [1.165, 1.54) is 0 Å². The fourth-order valence-electron chi connectivity index (χ4n) is 3.28. The van der Waals surface area contributed by atoms with E-state index in [-0.39, 0.29) is 6.10 Å². The van der Waals surface area contributed by atoms with E-state index in [0.717, 1.165) is 49.8 Å². The number of methoxy groups -OCH3 is 1. The van der Waals surface area contributed by atoms with Gasteiger partial charge in [0.2, 0.25) is 15.9 Å². The van der Waals surface area contributed by atoms with Crippen molar-refractivity contribution < 1.29 is 26.7 Å². The minimum atomic E-state index is -4.51. The number of halogens is 2. The predicted molar refractivity (Wildman–Crippen MR) is 109 cm³/mol. The molecule has 0 saturated carbocycles. The van der Waals surface area contributed by atoms with Crippen LogP contribution in [0.15, 0.2) is 47.4 Å². The monoisotopic (exact) mass is 439 g/mol. The average Bonchev–Trinajstić information content (AvgIpc) is 2.73. The van der Waals surface area contributed by atoms with Gasteiger partial charge in [0.25, 0.3) is 0 Å². The smallest absolute Gasteiger partial charge is 0.246 e. The summed E-state index contributed by atoms with van der Waals surface area (Å²) in [6.07, 6.45) is 2.16. The lowest BCUT2D eigenvalue weighted by Gasteiger charge is -2.33. The molecule has 30 heavy (non-hydrogen) atoms. The second-order valence-corrected chi connectivity index (χ2v) is 8.60. The van der Waals surface area contributed by atoms with Gasteiger partial charge in [-0.15, -0.1) is 0 Å². The van der Waals surface area contributed by atoms with E-state index >= 15 is 0 Å². The molecular weight excluding hydrogens is 416 g/mol. The first-order valence-corrected chi connectivity index (χ1v) is 10.9. The van der Waals surface area contributed by atoms with Crippen molar-refractivity contribution in [2.24, 2.45) is 0 Å². The minimum Gasteiger partial charge on any atom is -0.381 e. The van der Waals surface area contributed by atoms with Gasteiger partial charge in [-0.25, -0.2) is 21.9 Å². The van der Waals surface area contributed by atoms with Crippen molar-refractivity contribution >= 4 is 27.3 Å². The quantitative estimate of drug-likeness (QED) is 0.692. The number of hydrogen-bond acceptors (Lipinski definition) is 5. The second kappa shape index (κ2) is 9.50. The fourth-order valence-corrected chi connectivity index (χ4v) is 4.40. The van der Waals surface area contributed by atoms with Crippen molar-refractivity contribution in [1.29, 1.82) is 0 Å². The number of nitrogens with one attached hydrogen (secondary N) is 2. The molecule has 0 radical (unpaired) electrons. The highest BCUT2D eigenvalue weighted by Crippen LogP contribution is 2.23. The lowest BCUT2D eigenvalue weighted by atomic mass is 10.1. The number of amides is 1. The van der Waals surface area contributed by atoms with Crippen LogP contribution in [0.4, 0.5) is 20.2 Å². The van der Waals surface area contributed by atoms with Crippen LogP contribution in [0.5, 0.6) is 0 Å². The molecule has 1 heterocycles. The number of hydrogen-bond donors (Lipinski definition) is 2. The summed E-state index contributed by atoms with van der Waals surface area (Å²) in [5.41, 5.74) is 1.49. The highest BCUT2D eigenvalue weighted by Gasteiger charge is 2.24. The lowest BCUT2D eigenvalue weighted by Crippen LogP contribution is -2.36. The third-order valence-corrected chi connectivity index (χ3v) is 6.35. The van der Waals surface area contributed by atoms with Gasteiger partial charge >= 0.3 is 0 Å². The first-order valence-electron chi connectivity index (χ1n) is 9.41. The molecular formula is C20H23F2N3O4S. The molecule has 2 aromatic rings. The van der Waals surface area contributed by atoms with Crippen molar-refractivity contribution in [3.63, 3.8) is 0 Å². The van der Waals surface area contributed by atoms with Crippen molar-refractivity contribution in [1.82, 2.24) is 4.72 Å². The van der Waals surface area contributed by atoms with Crippen LogP contribution < -0.4 is 14.9 Å². The summed E-state index contributed by atoms with van der Waals surface area (Å²) in [4.78, 5) is 13.2. The van der Waals surface area contributed by atoms with Gasteiger partial charge in [0, 0.05) is 31.6 Å². The van der Waals surface area contributed by atoms with E-state index in [2.05, 4.69) is 10.2 Å². The molecule has 2 N–H and O–H groups in total. The van der Waals surface area contributed by atoms with Crippen molar-refractivity contribution in [2.75, 3.05) is 37.0 Å². The predicted octanol–water partition coefficient (Wildman–Crippen LogP) is 2.50. The third-order valence-electron chi connectivity index (χ3n) is 4.90. The van der Waals surface area contributed by atoms with Gasteiger partial charge in [0.15, 0.2) is 4.90 Å². The number of carbonyl (C=O) groups excluding carboxylic acids is 1. The Morgan fingerprint density at radius 2 is 1.70 bits per heavy atom. The number of carbonyl (C=O) groups is 1. The van der Waals surface area contributed by atoms with Gasteiger partial charge in [0.1, 0.15) is 11.6 Å². The summed E-state index contributed by atoms with van der Waals surface area (Å²) in [5.74, 6) is -3.12. The number of piperidine rings is 1. The van der Waals surface area contributed by atoms with Gasteiger partial charge in [-0.05, 0) is 49.2 Å². The molecule has 0 bridgehead atoms. The second-order valence-electron chi connectivity index (χ2n) is 6.89. The standard InChI is InChI=1S/C20H23F2N3O4S/c1-29-16-9-11-25(12-10-16)15-7-5-14(6-8-15)24-19(26)13-23-30(27,28)20-17(21)3-2-4-18(20)22/h2-8,16,23H,9-13H2,1H3,(H,24,26). The molecule has 0 atom stereocenters. The summed E-state index contributed by atoms with van der Waals surface area (Å²) < 4.78 is 58.9. The Labute approximate surface area is 174 Å². The molecule has 0 aromatic heterocycles. The summed E-state index contributed by atoms with van der Waals surface area (Å²) in [6, 6.07) is 9.86. The lowest BCUT2D eigenvalue weighted by molar-refractivity contribution is -0.115. The Bertz CT molecular complexity index is 971. The van der Waals surface area contributed by atoms with Gasteiger partial charge in [-0.1, -0.05) is 6.07 Å². The number of ether oxygens (including phenoxy) is 1. The zero-order valence-corrected chi connectivity index (χ0v) is 17.2.